The summed E-state index contributed by atoms with van der Waals surface area (Å²) in [4.78, 5) is 15.9. The number of hydrogen-bond acceptors (Lipinski definition) is 3. The molecule has 1 aromatic rings. The van der Waals surface area contributed by atoms with Gasteiger partial charge >= 0.3 is 6.36 Å². The van der Waals surface area contributed by atoms with E-state index < -0.39 is 23.8 Å². The van der Waals surface area contributed by atoms with E-state index in [2.05, 4.69) is 25.7 Å². The number of aliphatic imine (C=N–C) groups is 1. The van der Waals surface area contributed by atoms with Gasteiger partial charge in [0.25, 0.3) is 0 Å². The molecular formula is C11H7BrF3NO2. The Morgan fingerprint density at radius 2 is 2.06 bits per heavy atom. The third-order valence-corrected chi connectivity index (χ3v) is 3.04. The van der Waals surface area contributed by atoms with E-state index in [0.29, 0.717) is 4.47 Å². The first-order chi connectivity index (χ1) is 8.29. The molecule has 0 saturated carbocycles. The predicted octanol–water partition coefficient (Wildman–Crippen LogP) is 3.88. The fraction of sp³-hybridized carbons (Fsp3) is 0.273. The molecule has 0 radical (unpaired) electrons. The number of ether oxygens (including phenoxy) is 1. The van der Waals surface area contributed by atoms with Crippen molar-refractivity contribution < 1.29 is 22.7 Å². The number of Topliss-reactive ketones (excluding diaryl/α,β-unsaturated/α-hetero) is 1. The molecule has 0 amide bonds. The maximum absolute atomic E-state index is 12.3. The largest absolute Gasteiger partial charge is 0.573 e. The third-order valence-electron chi connectivity index (χ3n) is 2.40. The Morgan fingerprint density at radius 1 is 1.39 bits per heavy atom. The number of benzene rings is 1. The smallest absolute Gasteiger partial charge is 0.405 e. The summed E-state index contributed by atoms with van der Waals surface area (Å²) in [5.41, 5.74) is 0.0246. The highest BCUT2D eigenvalue weighted by molar-refractivity contribution is 9.10. The fourth-order valence-electron chi connectivity index (χ4n) is 1.60. The topological polar surface area (TPSA) is 38.7 Å². The van der Waals surface area contributed by atoms with Crippen molar-refractivity contribution in [2.45, 2.75) is 13.3 Å². The van der Waals surface area contributed by atoms with Crippen LogP contribution in [0.25, 0.3) is 0 Å². The van der Waals surface area contributed by atoms with Crippen molar-refractivity contribution in [2.75, 3.05) is 0 Å². The molecule has 0 aliphatic carbocycles. The lowest BCUT2D eigenvalue weighted by Crippen LogP contribution is -2.22. The summed E-state index contributed by atoms with van der Waals surface area (Å²) >= 11 is 3.14. The number of alkyl halides is 3. The second-order valence-corrected chi connectivity index (χ2v) is 4.60. The van der Waals surface area contributed by atoms with Crippen LogP contribution in [0.15, 0.2) is 21.6 Å². The van der Waals surface area contributed by atoms with Gasteiger partial charge in [0.05, 0.1) is 17.2 Å². The minimum Gasteiger partial charge on any atom is -0.405 e. The van der Waals surface area contributed by atoms with Crippen molar-refractivity contribution in [3.05, 3.63) is 22.2 Å². The summed E-state index contributed by atoms with van der Waals surface area (Å²) in [5, 5.41) is 0. The highest BCUT2D eigenvalue weighted by Gasteiger charge is 2.35. The zero-order valence-corrected chi connectivity index (χ0v) is 10.7. The number of carbonyl (C=O) groups excluding carboxylic acids is 1. The van der Waals surface area contributed by atoms with E-state index in [1.165, 1.54) is 12.3 Å². The molecule has 0 spiro atoms. The van der Waals surface area contributed by atoms with Crippen molar-refractivity contribution in [1.29, 1.82) is 0 Å². The number of ketones is 1. The Kier molecular flexibility index (Phi) is 3.18. The molecule has 0 bridgehead atoms. The Morgan fingerprint density at radius 3 is 2.67 bits per heavy atom. The number of hydrogen-bond donors (Lipinski definition) is 0. The second-order valence-electron chi connectivity index (χ2n) is 3.75. The molecule has 1 heterocycles. The lowest BCUT2D eigenvalue weighted by Gasteiger charge is -2.19. The first-order valence-corrected chi connectivity index (χ1v) is 5.75. The van der Waals surface area contributed by atoms with Crippen LogP contribution in [0.2, 0.25) is 0 Å². The monoisotopic (exact) mass is 321 g/mol. The van der Waals surface area contributed by atoms with Crippen LogP contribution in [-0.2, 0) is 0 Å². The standard InChI is InChI=1S/C11H7BrF3NO2/c1-5-4-16-9-6(12)2-3-7(8(9)10(5)17)18-11(13,14)15/h2-5H,1H3. The molecule has 0 saturated heterocycles. The molecule has 1 aromatic carbocycles. The van der Waals surface area contributed by atoms with E-state index in [0.717, 1.165) is 6.07 Å². The molecule has 1 unspecified atom stereocenters. The SMILES string of the molecule is CC1C=Nc2c(Br)ccc(OC(F)(F)F)c2C1=O. The third kappa shape index (κ3) is 2.40. The van der Waals surface area contributed by atoms with E-state index in [4.69, 9.17) is 0 Å². The number of carbonyl (C=O) groups is 1. The van der Waals surface area contributed by atoms with Gasteiger partial charge in [-0.2, -0.15) is 0 Å². The zero-order valence-electron chi connectivity index (χ0n) is 9.08. The Bertz CT molecular complexity index is 540. The number of halogens is 4. The zero-order chi connectivity index (χ0) is 13.5. The van der Waals surface area contributed by atoms with Gasteiger partial charge < -0.3 is 4.74 Å². The molecule has 3 nitrogen and oxygen atoms in total. The number of nitrogens with zero attached hydrogens (tertiary/aromatic N) is 1. The maximum atomic E-state index is 12.3. The molecule has 0 aromatic heterocycles. The van der Waals surface area contributed by atoms with Gasteiger partial charge in [-0.25, -0.2) is 0 Å². The predicted molar refractivity (Wildman–Crippen MR) is 62.5 cm³/mol. The summed E-state index contributed by atoms with van der Waals surface area (Å²) in [5.74, 6) is -1.53. The van der Waals surface area contributed by atoms with Gasteiger partial charge in [0, 0.05) is 10.7 Å². The Labute approximate surface area is 109 Å². The summed E-state index contributed by atoms with van der Waals surface area (Å²) < 4.78 is 41.1. The van der Waals surface area contributed by atoms with Crippen molar-refractivity contribution >= 4 is 33.6 Å². The van der Waals surface area contributed by atoms with Crippen LogP contribution in [0.1, 0.15) is 17.3 Å². The summed E-state index contributed by atoms with van der Waals surface area (Å²) in [6, 6.07) is 2.46. The van der Waals surface area contributed by atoms with E-state index in [1.807, 2.05) is 0 Å². The van der Waals surface area contributed by atoms with Crippen LogP contribution in [0.5, 0.6) is 5.75 Å². The molecule has 18 heavy (non-hydrogen) atoms. The van der Waals surface area contributed by atoms with Crippen LogP contribution in [0.3, 0.4) is 0 Å². The fourth-order valence-corrected chi connectivity index (χ4v) is 2.04. The van der Waals surface area contributed by atoms with Crippen LogP contribution in [0, 0.1) is 5.92 Å². The van der Waals surface area contributed by atoms with Gasteiger partial charge in [-0.05, 0) is 28.1 Å². The Balaban J connectivity index is 2.58. The second kappa shape index (κ2) is 4.38. The molecule has 7 heteroatoms. The van der Waals surface area contributed by atoms with E-state index >= 15 is 0 Å². The van der Waals surface area contributed by atoms with Crippen LogP contribution < -0.4 is 4.74 Å². The average Bonchev–Trinajstić information content (AvgIpc) is 2.25. The molecule has 1 aliphatic heterocycles. The lowest BCUT2D eigenvalue weighted by molar-refractivity contribution is -0.274. The Hall–Kier alpha value is -1.37. The van der Waals surface area contributed by atoms with Crippen LogP contribution in [0.4, 0.5) is 18.9 Å². The first kappa shape index (κ1) is 13.1. The summed E-state index contributed by atoms with van der Waals surface area (Å²) in [6.45, 7) is 1.56. The van der Waals surface area contributed by atoms with Crippen LogP contribution >= 0.6 is 15.9 Å². The van der Waals surface area contributed by atoms with Crippen molar-refractivity contribution in [2.24, 2.45) is 10.9 Å². The molecule has 1 atom stereocenters. The highest BCUT2D eigenvalue weighted by Crippen LogP contribution is 2.41. The van der Waals surface area contributed by atoms with E-state index in [1.54, 1.807) is 6.92 Å². The average molecular weight is 322 g/mol. The molecule has 2 rings (SSSR count). The molecular weight excluding hydrogens is 315 g/mol. The highest BCUT2D eigenvalue weighted by atomic mass is 79.9. The van der Waals surface area contributed by atoms with Crippen molar-refractivity contribution in [1.82, 2.24) is 0 Å². The van der Waals surface area contributed by atoms with Crippen molar-refractivity contribution in [3.63, 3.8) is 0 Å². The molecule has 1 aliphatic rings. The maximum Gasteiger partial charge on any atom is 0.573 e. The normalized spacial score (nSPS) is 18.7. The minimum atomic E-state index is -4.84. The summed E-state index contributed by atoms with van der Waals surface area (Å²) in [7, 11) is 0. The lowest BCUT2D eigenvalue weighted by atomic mass is 9.95. The van der Waals surface area contributed by atoms with Gasteiger partial charge in [-0.15, -0.1) is 13.2 Å². The number of fused-ring (bicyclic) bond motifs is 1. The molecule has 96 valence electrons. The van der Waals surface area contributed by atoms with Crippen LogP contribution in [-0.4, -0.2) is 18.4 Å². The van der Waals surface area contributed by atoms with Gasteiger partial charge in [0.1, 0.15) is 5.75 Å². The first-order valence-electron chi connectivity index (χ1n) is 4.96. The van der Waals surface area contributed by atoms with Gasteiger partial charge in [0.2, 0.25) is 0 Å². The van der Waals surface area contributed by atoms with Gasteiger partial charge in [-0.3, -0.25) is 9.79 Å². The van der Waals surface area contributed by atoms with Gasteiger partial charge in [-0.1, -0.05) is 6.92 Å². The van der Waals surface area contributed by atoms with E-state index in [-0.39, 0.29) is 11.3 Å². The summed E-state index contributed by atoms with van der Waals surface area (Å²) in [6.07, 6.45) is -3.45. The van der Waals surface area contributed by atoms with E-state index in [9.17, 15) is 18.0 Å². The molecule has 0 N–H and O–H groups in total. The van der Waals surface area contributed by atoms with Gasteiger partial charge in [0.15, 0.2) is 5.78 Å². The minimum absolute atomic E-state index is 0.142. The van der Waals surface area contributed by atoms with Crippen molar-refractivity contribution in [3.8, 4) is 5.75 Å². The quantitative estimate of drug-likeness (QED) is 0.787. The number of rotatable bonds is 1. The molecule has 0 fully saturated rings.